The van der Waals surface area contributed by atoms with Gasteiger partial charge >= 0.3 is 0 Å². The third kappa shape index (κ3) is 3.48. The van der Waals surface area contributed by atoms with E-state index in [1.54, 1.807) is 12.1 Å². The fraction of sp³-hybridized carbons (Fsp3) is 0.571. The van der Waals surface area contributed by atoms with Gasteiger partial charge in [-0.25, -0.2) is 4.39 Å². The number of nitrogens with one attached hydrogen (secondary N) is 1. The molecule has 2 aliphatic rings. The Kier molecular flexibility index (Phi) is 5.23. The molecule has 0 radical (unpaired) electrons. The summed E-state index contributed by atoms with van der Waals surface area (Å²) in [5, 5.41) is 3.65. The standard InChI is InChI=1S/C14H18BrFN2.ClH/c15-13-2-1-3-14(16)12(13)9-18-7-6-10-4-5-11(8-18)17-10;/h1-3,10-11,17H,4-9H2;1H. The molecule has 2 fully saturated rings. The number of nitrogens with zero attached hydrogens (tertiary/aromatic N) is 1. The van der Waals surface area contributed by atoms with Crippen LogP contribution in [0.25, 0.3) is 0 Å². The van der Waals surface area contributed by atoms with Gasteiger partial charge in [0.2, 0.25) is 0 Å². The fourth-order valence-electron chi connectivity index (χ4n) is 3.07. The van der Waals surface area contributed by atoms with Gasteiger partial charge < -0.3 is 5.32 Å². The van der Waals surface area contributed by atoms with E-state index in [-0.39, 0.29) is 18.2 Å². The Morgan fingerprint density at radius 1 is 1.26 bits per heavy atom. The predicted molar refractivity (Wildman–Crippen MR) is 81.2 cm³/mol. The third-order valence-corrected chi connectivity index (χ3v) is 4.79. The van der Waals surface area contributed by atoms with Crippen LogP contribution in [0, 0.1) is 5.82 Å². The molecule has 2 bridgehead atoms. The van der Waals surface area contributed by atoms with Gasteiger partial charge in [-0.1, -0.05) is 22.0 Å². The van der Waals surface area contributed by atoms with Gasteiger partial charge in [0.05, 0.1) is 0 Å². The van der Waals surface area contributed by atoms with E-state index >= 15 is 0 Å². The van der Waals surface area contributed by atoms with Crippen molar-refractivity contribution in [1.82, 2.24) is 10.2 Å². The Bertz CT molecular complexity index is 423. The van der Waals surface area contributed by atoms with E-state index in [0.29, 0.717) is 18.6 Å². The molecule has 0 saturated carbocycles. The average Bonchev–Trinajstić information content (AvgIpc) is 2.67. The number of hydrogen-bond acceptors (Lipinski definition) is 2. The number of rotatable bonds is 2. The van der Waals surface area contributed by atoms with Gasteiger partial charge in [0.15, 0.2) is 0 Å². The second-order valence-electron chi connectivity index (χ2n) is 5.36. The molecule has 0 aromatic heterocycles. The summed E-state index contributed by atoms with van der Waals surface area (Å²) in [6.07, 6.45) is 3.75. The first-order valence-corrected chi connectivity index (χ1v) is 7.43. The molecule has 2 heterocycles. The molecule has 0 amide bonds. The maximum Gasteiger partial charge on any atom is 0.128 e. The van der Waals surface area contributed by atoms with E-state index in [4.69, 9.17) is 0 Å². The summed E-state index contributed by atoms with van der Waals surface area (Å²) >= 11 is 3.45. The van der Waals surface area contributed by atoms with Crippen molar-refractivity contribution in [3.05, 3.63) is 34.1 Å². The monoisotopic (exact) mass is 348 g/mol. The Labute approximate surface area is 128 Å². The Hall–Kier alpha value is -0.160. The minimum atomic E-state index is -0.105. The van der Waals surface area contributed by atoms with Crippen LogP contribution >= 0.6 is 28.3 Å². The molecule has 1 aromatic carbocycles. The van der Waals surface area contributed by atoms with Gasteiger partial charge in [-0.05, 0) is 31.4 Å². The molecule has 106 valence electrons. The van der Waals surface area contributed by atoms with Crippen molar-refractivity contribution in [2.24, 2.45) is 0 Å². The molecular weight excluding hydrogens is 331 g/mol. The van der Waals surface area contributed by atoms with Crippen molar-refractivity contribution in [3.8, 4) is 0 Å². The summed E-state index contributed by atoms with van der Waals surface area (Å²) in [6.45, 7) is 2.81. The van der Waals surface area contributed by atoms with Gasteiger partial charge in [-0.2, -0.15) is 0 Å². The van der Waals surface area contributed by atoms with Crippen LogP contribution in [0.4, 0.5) is 4.39 Å². The van der Waals surface area contributed by atoms with Crippen LogP contribution in [0.1, 0.15) is 24.8 Å². The van der Waals surface area contributed by atoms with Crippen LogP contribution in [0.2, 0.25) is 0 Å². The minimum Gasteiger partial charge on any atom is -0.310 e. The second kappa shape index (κ2) is 6.53. The first-order valence-electron chi connectivity index (χ1n) is 6.63. The SMILES string of the molecule is Cl.Fc1cccc(Br)c1CN1CCC2CCC(C1)N2. The Morgan fingerprint density at radius 2 is 2.05 bits per heavy atom. The molecular formula is C14H19BrClFN2. The summed E-state index contributed by atoms with van der Waals surface area (Å²) in [5.41, 5.74) is 0.787. The Morgan fingerprint density at radius 3 is 2.84 bits per heavy atom. The summed E-state index contributed by atoms with van der Waals surface area (Å²) in [6, 6.07) is 6.49. The van der Waals surface area contributed by atoms with Crippen LogP contribution in [0.5, 0.6) is 0 Å². The predicted octanol–water partition coefficient (Wildman–Crippen LogP) is 3.34. The van der Waals surface area contributed by atoms with Crippen LogP contribution in [0.3, 0.4) is 0 Å². The highest BCUT2D eigenvalue weighted by molar-refractivity contribution is 9.10. The molecule has 2 aliphatic heterocycles. The van der Waals surface area contributed by atoms with E-state index in [2.05, 4.69) is 26.1 Å². The van der Waals surface area contributed by atoms with E-state index in [1.165, 1.54) is 19.3 Å². The lowest BCUT2D eigenvalue weighted by molar-refractivity contribution is 0.247. The highest BCUT2D eigenvalue weighted by Crippen LogP contribution is 2.25. The molecule has 2 unspecified atom stereocenters. The zero-order valence-corrected chi connectivity index (χ0v) is 13.1. The molecule has 2 saturated heterocycles. The molecule has 3 rings (SSSR count). The normalized spacial score (nSPS) is 26.8. The van der Waals surface area contributed by atoms with Crippen molar-refractivity contribution in [3.63, 3.8) is 0 Å². The van der Waals surface area contributed by atoms with Crippen molar-refractivity contribution in [2.75, 3.05) is 13.1 Å². The molecule has 2 atom stereocenters. The molecule has 0 aliphatic carbocycles. The number of likely N-dealkylation sites (tertiary alicyclic amines) is 1. The quantitative estimate of drug-likeness (QED) is 0.881. The lowest BCUT2D eigenvalue weighted by Gasteiger charge is -2.24. The molecule has 5 heteroatoms. The molecule has 2 nitrogen and oxygen atoms in total. The van der Waals surface area contributed by atoms with Crippen LogP contribution in [-0.4, -0.2) is 30.1 Å². The van der Waals surface area contributed by atoms with Crippen LogP contribution in [0.15, 0.2) is 22.7 Å². The van der Waals surface area contributed by atoms with E-state index in [0.717, 1.165) is 23.1 Å². The van der Waals surface area contributed by atoms with E-state index in [1.807, 2.05) is 6.07 Å². The van der Waals surface area contributed by atoms with Gasteiger partial charge in [-0.3, -0.25) is 4.90 Å². The van der Waals surface area contributed by atoms with Crippen molar-refractivity contribution < 1.29 is 4.39 Å². The smallest absolute Gasteiger partial charge is 0.128 e. The van der Waals surface area contributed by atoms with Gasteiger partial charge in [0.25, 0.3) is 0 Å². The first kappa shape index (κ1) is 15.2. The second-order valence-corrected chi connectivity index (χ2v) is 6.22. The molecule has 0 spiro atoms. The molecule has 1 aromatic rings. The third-order valence-electron chi connectivity index (χ3n) is 4.05. The summed E-state index contributed by atoms with van der Waals surface area (Å²) in [7, 11) is 0. The number of halogens is 3. The summed E-state index contributed by atoms with van der Waals surface area (Å²) < 4.78 is 14.7. The molecule has 19 heavy (non-hydrogen) atoms. The first-order chi connectivity index (χ1) is 8.72. The minimum absolute atomic E-state index is 0. The van der Waals surface area contributed by atoms with Crippen LogP contribution < -0.4 is 5.32 Å². The van der Waals surface area contributed by atoms with Gasteiger partial charge in [0.1, 0.15) is 5.82 Å². The molecule has 1 N–H and O–H groups in total. The largest absolute Gasteiger partial charge is 0.310 e. The maximum absolute atomic E-state index is 13.8. The van der Waals surface area contributed by atoms with Crippen molar-refractivity contribution in [1.29, 1.82) is 0 Å². The number of hydrogen-bond donors (Lipinski definition) is 1. The lowest BCUT2D eigenvalue weighted by Crippen LogP contribution is -2.35. The van der Waals surface area contributed by atoms with Crippen molar-refractivity contribution >= 4 is 28.3 Å². The van der Waals surface area contributed by atoms with Crippen LogP contribution in [-0.2, 0) is 6.54 Å². The zero-order chi connectivity index (χ0) is 12.5. The lowest BCUT2D eigenvalue weighted by atomic mass is 10.1. The highest BCUT2D eigenvalue weighted by Gasteiger charge is 2.29. The van der Waals surface area contributed by atoms with E-state index in [9.17, 15) is 4.39 Å². The van der Waals surface area contributed by atoms with E-state index < -0.39 is 0 Å². The summed E-state index contributed by atoms with van der Waals surface area (Å²) in [5.74, 6) is -0.105. The van der Waals surface area contributed by atoms with Gasteiger partial charge in [0, 0.05) is 41.8 Å². The fourth-order valence-corrected chi connectivity index (χ4v) is 3.53. The maximum atomic E-state index is 13.8. The topological polar surface area (TPSA) is 15.3 Å². The van der Waals surface area contributed by atoms with Crippen molar-refractivity contribution in [2.45, 2.75) is 37.9 Å². The Balaban J connectivity index is 0.00000133. The van der Waals surface area contributed by atoms with Gasteiger partial charge in [-0.15, -0.1) is 12.4 Å². The zero-order valence-electron chi connectivity index (χ0n) is 10.7. The number of fused-ring (bicyclic) bond motifs is 2. The number of benzene rings is 1. The average molecular weight is 350 g/mol. The highest BCUT2D eigenvalue weighted by atomic mass is 79.9. The summed E-state index contributed by atoms with van der Waals surface area (Å²) in [4.78, 5) is 2.38.